The second-order valence-corrected chi connectivity index (χ2v) is 10.7. The molecule has 2 saturated carbocycles. The predicted octanol–water partition coefficient (Wildman–Crippen LogP) is 4.65. The van der Waals surface area contributed by atoms with Crippen molar-refractivity contribution in [2.24, 2.45) is 23.7 Å². The molecule has 2 heterocycles. The Morgan fingerprint density at radius 3 is 1.91 bits per heavy atom. The van der Waals surface area contributed by atoms with E-state index in [1.165, 1.54) is 31.4 Å². The summed E-state index contributed by atoms with van der Waals surface area (Å²) in [6.07, 6.45) is 10.9. The molecule has 33 heavy (non-hydrogen) atoms. The van der Waals surface area contributed by atoms with Gasteiger partial charge in [-0.25, -0.2) is 4.39 Å². The van der Waals surface area contributed by atoms with Crippen LogP contribution in [0, 0.1) is 29.5 Å². The maximum atomic E-state index is 13.1. The quantitative estimate of drug-likeness (QED) is 0.585. The number of rotatable bonds is 6. The molecule has 2 aliphatic heterocycles. The molecular formula is C27H37FN2O3. The Hall–Kier alpha value is -1.95. The van der Waals surface area contributed by atoms with Gasteiger partial charge in [-0.05, 0) is 74.6 Å². The van der Waals surface area contributed by atoms with Gasteiger partial charge in [-0.2, -0.15) is 0 Å². The summed E-state index contributed by atoms with van der Waals surface area (Å²) < 4.78 is 19.2. The summed E-state index contributed by atoms with van der Waals surface area (Å²) >= 11 is 0. The minimum absolute atomic E-state index is 0.0339. The van der Waals surface area contributed by atoms with E-state index in [0.29, 0.717) is 18.4 Å². The number of halogens is 1. The van der Waals surface area contributed by atoms with Gasteiger partial charge in [0.15, 0.2) is 0 Å². The van der Waals surface area contributed by atoms with Gasteiger partial charge in [0.2, 0.25) is 11.8 Å². The summed E-state index contributed by atoms with van der Waals surface area (Å²) in [4.78, 5) is 30.2. The highest BCUT2D eigenvalue weighted by Crippen LogP contribution is 2.40. The highest BCUT2D eigenvalue weighted by Gasteiger charge is 2.49. The molecule has 5 nitrogen and oxygen atoms in total. The van der Waals surface area contributed by atoms with Gasteiger partial charge in [0.25, 0.3) is 0 Å². The maximum absolute atomic E-state index is 13.1. The molecule has 4 aliphatic rings. The van der Waals surface area contributed by atoms with Crippen LogP contribution >= 0.6 is 0 Å². The van der Waals surface area contributed by atoms with Crippen LogP contribution in [0.4, 0.5) is 4.39 Å². The highest BCUT2D eigenvalue weighted by atomic mass is 19.1. The minimum Gasteiger partial charge on any atom is -0.490 e. The molecule has 0 aromatic heterocycles. The number of hydrogen-bond acceptors (Lipinski definition) is 4. The number of nitrogens with zero attached hydrogens (tertiary/aromatic N) is 2. The van der Waals surface area contributed by atoms with Gasteiger partial charge in [0.05, 0.1) is 11.8 Å². The molecular weight excluding hydrogens is 419 g/mol. The van der Waals surface area contributed by atoms with Crippen LogP contribution in [0.1, 0.15) is 64.2 Å². The van der Waals surface area contributed by atoms with E-state index in [9.17, 15) is 14.0 Å². The summed E-state index contributed by atoms with van der Waals surface area (Å²) in [5, 5.41) is 0. The van der Waals surface area contributed by atoms with Crippen molar-refractivity contribution in [2.45, 2.75) is 70.3 Å². The fraction of sp³-hybridized carbons (Fsp3) is 0.704. The third kappa shape index (κ3) is 5.11. The molecule has 0 spiro atoms. The molecule has 180 valence electrons. The number of carbonyl (C=O) groups excluding carboxylic acids is 2. The lowest BCUT2D eigenvalue weighted by atomic mass is 9.78. The number of amides is 2. The van der Waals surface area contributed by atoms with Crippen LogP contribution in [-0.2, 0) is 9.59 Å². The zero-order valence-corrected chi connectivity index (χ0v) is 19.6. The Morgan fingerprint density at radius 2 is 1.30 bits per heavy atom. The molecule has 0 N–H and O–H groups in total. The average molecular weight is 457 g/mol. The summed E-state index contributed by atoms with van der Waals surface area (Å²) in [5.41, 5.74) is 0. The molecule has 2 saturated heterocycles. The Balaban J connectivity index is 1.14. The highest BCUT2D eigenvalue weighted by molar-refractivity contribution is 6.05. The molecule has 5 rings (SSSR count). The minimum atomic E-state index is -0.240. The fourth-order valence-electron chi connectivity index (χ4n) is 6.66. The van der Waals surface area contributed by atoms with Crippen LogP contribution in [0.2, 0.25) is 0 Å². The first kappa shape index (κ1) is 22.8. The fourth-order valence-corrected chi connectivity index (χ4v) is 6.66. The Kier molecular flexibility index (Phi) is 7.00. The number of piperidine rings is 1. The predicted molar refractivity (Wildman–Crippen MR) is 124 cm³/mol. The van der Waals surface area contributed by atoms with Crippen molar-refractivity contribution in [3.8, 4) is 5.75 Å². The third-order valence-electron chi connectivity index (χ3n) is 8.56. The molecule has 4 atom stereocenters. The van der Waals surface area contributed by atoms with E-state index >= 15 is 0 Å². The number of imide groups is 1. The van der Waals surface area contributed by atoms with E-state index in [1.54, 1.807) is 17.0 Å². The smallest absolute Gasteiger partial charge is 0.233 e. The van der Waals surface area contributed by atoms with Crippen molar-refractivity contribution in [1.82, 2.24) is 9.80 Å². The molecule has 1 aromatic carbocycles. The number of benzene rings is 1. The largest absolute Gasteiger partial charge is 0.490 e. The van der Waals surface area contributed by atoms with Gasteiger partial charge < -0.3 is 9.64 Å². The average Bonchev–Trinajstić information content (AvgIpc) is 3.08. The van der Waals surface area contributed by atoms with E-state index in [4.69, 9.17) is 4.74 Å². The molecule has 0 radical (unpaired) electrons. The maximum Gasteiger partial charge on any atom is 0.233 e. The van der Waals surface area contributed by atoms with Crippen LogP contribution < -0.4 is 4.74 Å². The van der Waals surface area contributed by atoms with E-state index in [0.717, 1.165) is 70.3 Å². The monoisotopic (exact) mass is 456 g/mol. The van der Waals surface area contributed by atoms with E-state index in [2.05, 4.69) is 4.90 Å². The van der Waals surface area contributed by atoms with Crippen molar-refractivity contribution in [3.05, 3.63) is 30.1 Å². The van der Waals surface area contributed by atoms with Gasteiger partial charge in [-0.15, -0.1) is 0 Å². The number of likely N-dealkylation sites (tertiary alicyclic amines) is 2. The molecule has 1 aromatic rings. The van der Waals surface area contributed by atoms with Crippen molar-refractivity contribution in [2.75, 3.05) is 26.2 Å². The van der Waals surface area contributed by atoms with E-state index in [-0.39, 0.29) is 35.6 Å². The van der Waals surface area contributed by atoms with Crippen molar-refractivity contribution >= 4 is 11.8 Å². The standard InChI is InChI=1S/C27H37FN2O3/c28-21-9-11-22(12-10-21)33-23-13-15-29(16-14-23)17-19-5-1-2-6-20(19)18-30-26(31)24-7-3-4-8-25(24)27(30)32/h9-12,19-20,23-25H,1-8,13-18H2. The molecule has 4 fully saturated rings. The number of fused-ring (bicyclic) bond motifs is 1. The van der Waals surface area contributed by atoms with Gasteiger partial charge in [0.1, 0.15) is 17.7 Å². The first-order valence-electron chi connectivity index (χ1n) is 13.1. The van der Waals surface area contributed by atoms with Crippen molar-refractivity contribution in [1.29, 1.82) is 0 Å². The topological polar surface area (TPSA) is 49.9 Å². The first-order valence-corrected chi connectivity index (χ1v) is 13.1. The number of carbonyl (C=O) groups is 2. The summed E-state index contributed by atoms with van der Waals surface area (Å²) in [5.74, 6) is 1.65. The Bertz CT molecular complexity index is 812. The lowest BCUT2D eigenvalue weighted by molar-refractivity contribution is -0.141. The lowest BCUT2D eigenvalue weighted by Gasteiger charge is -2.39. The van der Waals surface area contributed by atoms with Crippen LogP contribution in [0.15, 0.2) is 24.3 Å². The van der Waals surface area contributed by atoms with Crippen molar-refractivity contribution in [3.63, 3.8) is 0 Å². The molecule has 2 aliphatic carbocycles. The zero-order chi connectivity index (χ0) is 22.8. The third-order valence-corrected chi connectivity index (χ3v) is 8.56. The van der Waals surface area contributed by atoms with E-state index < -0.39 is 0 Å². The van der Waals surface area contributed by atoms with Gasteiger partial charge in [-0.1, -0.05) is 25.7 Å². The second kappa shape index (κ2) is 10.1. The summed E-state index contributed by atoms with van der Waals surface area (Å²) in [6.45, 7) is 3.69. The first-order chi connectivity index (χ1) is 16.1. The molecule has 4 unspecified atom stereocenters. The second-order valence-electron chi connectivity index (χ2n) is 10.7. The van der Waals surface area contributed by atoms with Crippen LogP contribution in [0.5, 0.6) is 5.75 Å². The van der Waals surface area contributed by atoms with Crippen LogP contribution in [0.3, 0.4) is 0 Å². The Morgan fingerprint density at radius 1 is 0.758 bits per heavy atom. The van der Waals surface area contributed by atoms with Crippen LogP contribution in [0.25, 0.3) is 0 Å². The zero-order valence-electron chi connectivity index (χ0n) is 19.6. The van der Waals surface area contributed by atoms with Crippen LogP contribution in [-0.4, -0.2) is 53.9 Å². The Labute approximate surface area is 196 Å². The van der Waals surface area contributed by atoms with Gasteiger partial charge in [0, 0.05) is 26.2 Å². The lowest BCUT2D eigenvalue weighted by Crippen LogP contribution is -2.45. The number of hydrogen-bond donors (Lipinski definition) is 0. The normalized spacial score (nSPS) is 31.6. The van der Waals surface area contributed by atoms with Gasteiger partial charge in [-0.3, -0.25) is 14.5 Å². The summed E-state index contributed by atoms with van der Waals surface area (Å²) in [6, 6.07) is 6.29. The van der Waals surface area contributed by atoms with Crippen molar-refractivity contribution < 1.29 is 18.7 Å². The summed E-state index contributed by atoms with van der Waals surface area (Å²) in [7, 11) is 0. The molecule has 2 amide bonds. The van der Waals surface area contributed by atoms with Gasteiger partial charge >= 0.3 is 0 Å². The van der Waals surface area contributed by atoms with E-state index in [1.807, 2.05) is 0 Å². The molecule has 0 bridgehead atoms. The SMILES string of the molecule is O=C1C2CCCCC2C(=O)N1CC1CCCCC1CN1CCC(Oc2ccc(F)cc2)CC1. The molecule has 6 heteroatoms. The number of ether oxygens (including phenoxy) is 1.